The van der Waals surface area contributed by atoms with Crippen LogP contribution < -0.4 is 16.0 Å². The van der Waals surface area contributed by atoms with Crippen LogP contribution in [0.3, 0.4) is 0 Å². The summed E-state index contributed by atoms with van der Waals surface area (Å²) in [7, 11) is 0. The maximum atomic E-state index is 13.4. The fraction of sp³-hybridized carbons (Fsp3) is 0.118. The number of rotatable bonds is 11. The molecule has 44 heavy (non-hydrogen) atoms. The van der Waals surface area contributed by atoms with E-state index in [1.807, 2.05) is 13.0 Å². The van der Waals surface area contributed by atoms with Crippen LogP contribution in [-0.4, -0.2) is 34.0 Å². The third-order valence-electron chi connectivity index (χ3n) is 6.49. The molecule has 0 aromatic heterocycles. The van der Waals surface area contributed by atoms with E-state index >= 15 is 0 Å². The molecule has 4 N–H and O–H groups in total. The Hall–Kier alpha value is -4.86. The number of carbonyl (C=O) groups excluding carboxylic acids is 3. The number of carbonyl (C=O) groups is 4. The van der Waals surface area contributed by atoms with Crippen LogP contribution in [0.15, 0.2) is 108 Å². The fourth-order valence-corrected chi connectivity index (χ4v) is 5.24. The van der Waals surface area contributed by atoms with Crippen LogP contribution in [0.5, 0.6) is 0 Å². The van der Waals surface area contributed by atoms with Gasteiger partial charge < -0.3 is 21.1 Å². The number of hydrogen-bond donors (Lipinski definition) is 4. The lowest BCUT2D eigenvalue weighted by atomic mass is 10.1. The quantitative estimate of drug-likeness (QED) is 0.102. The molecule has 0 aliphatic rings. The van der Waals surface area contributed by atoms with E-state index in [-0.39, 0.29) is 17.2 Å². The first-order chi connectivity index (χ1) is 21.1. The number of carboxylic acids is 1. The Balaban J connectivity index is 1.50. The molecule has 224 valence electrons. The maximum Gasteiger partial charge on any atom is 0.335 e. The van der Waals surface area contributed by atoms with Crippen molar-refractivity contribution in [2.75, 3.05) is 10.6 Å². The minimum Gasteiger partial charge on any atom is -0.478 e. The number of aryl methyl sites for hydroxylation is 1. The number of amides is 3. The van der Waals surface area contributed by atoms with Gasteiger partial charge in [0.2, 0.25) is 5.91 Å². The summed E-state index contributed by atoms with van der Waals surface area (Å²) in [5.41, 5.74) is 2.83. The average Bonchev–Trinajstić information content (AvgIpc) is 3.02. The van der Waals surface area contributed by atoms with Crippen molar-refractivity contribution < 1.29 is 24.3 Å². The van der Waals surface area contributed by atoms with Crippen molar-refractivity contribution >= 4 is 64.5 Å². The smallest absolute Gasteiger partial charge is 0.335 e. The lowest BCUT2D eigenvalue weighted by molar-refractivity contribution is -0.116. The molecule has 4 aromatic carbocycles. The van der Waals surface area contributed by atoms with Gasteiger partial charge in [-0.3, -0.25) is 14.4 Å². The number of thioether (sulfide) groups is 1. The number of anilines is 2. The van der Waals surface area contributed by atoms with Gasteiger partial charge in [-0.25, -0.2) is 4.79 Å². The molecule has 0 fully saturated rings. The molecule has 0 radical (unpaired) electrons. The van der Waals surface area contributed by atoms with Gasteiger partial charge in [-0.05, 0) is 85.1 Å². The molecule has 0 saturated heterocycles. The Morgan fingerprint density at radius 3 is 2.27 bits per heavy atom. The van der Waals surface area contributed by atoms with Gasteiger partial charge >= 0.3 is 5.97 Å². The molecule has 0 bridgehead atoms. The summed E-state index contributed by atoms with van der Waals surface area (Å²) in [6.07, 6.45) is 2.06. The van der Waals surface area contributed by atoms with Crippen molar-refractivity contribution in [3.63, 3.8) is 0 Å². The van der Waals surface area contributed by atoms with E-state index in [1.54, 1.807) is 91.9 Å². The first-order valence-electron chi connectivity index (χ1n) is 13.7. The average molecular weight is 628 g/mol. The van der Waals surface area contributed by atoms with Crippen molar-refractivity contribution in [3.8, 4) is 0 Å². The lowest BCUT2D eigenvalue weighted by Gasteiger charge is -2.17. The largest absolute Gasteiger partial charge is 0.478 e. The van der Waals surface area contributed by atoms with Gasteiger partial charge in [0.05, 0.1) is 10.8 Å². The van der Waals surface area contributed by atoms with Gasteiger partial charge in [-0.1, -0.05) is 61.0 Å². The third-order valence-corrected chi connectivity index (χ3v) is 8.10. The Kier molecular flexibility index (Phi) is 11.0. The summed E-state index contributed by atoms with van der Waals surface area (Å²) >= 11 is 7.33. The molecule has 4 rings (SSSR count). The molecule has 4 aromatic rings. The molecule has 1 unspecified atom stereocenters. The summed E-state index contributed by atoms with van der Waals surface area (Å²) in [4.78, 5) is 51.6. The van der Waals surface area contributed by atoms with Gasteiger partial charge in [0.1, 0.15) is 5.70 Å². The van der Waals surface area contributed by atoms with Crippen LogP contribution in [0.1, 0.15) is 45.2 Å². The Labute approximate surface area is 264 Å². The Morgan fingerprint density at radius 2 is 1.59 bits per heavy atom. The lowest BCUT2D eigenvalue weighted by Crippen LogP contribution is -2.30. The van der Waals surface area contributed by atoms with E-state index in [4.69, 9.17) is 11.6 Å². The number of nitrogens with one attached hydrogen (secondary N) is 3. The van der Waals surface area contributed by atoms with E-state index in [0.29, 0.717) is 33.9 Å². The topological polar surface area (TPSA) is 125 Å². The van der Waals surface area contributed by atoms with Crippen molar-refractivity contribution in [1.29, 1.82) is 0 Å². The number of hydrogen-bond acceptors (Lipinski definition) is 5. The molecule has 0 aliphatic heterocycles. The highest BCUT2D eigenvalue weighted by atomic mass is 35.5. The second-order valence-electron chi connectivity index (χ2n) is 9.75. The van der Waals surface area contributed by atoms with Gasteiger partial charge in [0, 0.05) is 26.9 Å². The summed E-state index contributed by atoms with van der Waals surface area (Å²) in [5.74, 6) is -2.32. The highest BCUT2D eigenvalue weighted by Gasteiger charge is 2.20. The minimum absolute atomic E-state index is 0.0315. The zero-order chi connectivity index (χ0) is 31.6. The van der Waals surface area contributed by atoms with Crippen LogP contribution in [-0.2, 0) is 9.59 Å². The molecule has 0 spiro atoms. The van der Waals surface area contributed by atoms with Crippen molar-refractivity contribution in [2.24, 2.45) is 0 Å². The highest BCUT2D eigenvalue weighted by molar-refractivity contribution is 8.00. The van der Waals surface area contributed by atoms with Crippen molar-refractivity contribution in [1.82, 2.24) is 5.32 Å². The van der Waals surface area contributed by atoms with Crippen molar-refractivity contribution in [3.05, 3.63) is 130 Å². The van der Waals surface area contributed by atoms with E-state index in [0.717, 1.165) is 10.5 Å². The van der Waals surface area contributed by atoms with Gasteiger partial charge in [0.15, 0.2) is 0 Å². The van der Waals surface area contributed by atoms with E-state index in [9.17, 15) is 24.3 Å². The molecule has 0 aliphatic carbocycles. The molecule has 8 nitrogen and oxygen atoms in total. The van der Waals surface area contributed by atoms with Crippen LogP contribution in [0.2, 0.25) is 5.02 Å². The predicted molar refractivity (Wildman–Crippen MR) is 175 cm³/mol. The zero-order valence-corrected chi connectivity index (χ0v) is 25.5. The fourth-order valence-electron chi connectivity index (χ4n) is 4.10. The summed E-state index contributed by atoms with van der Waals surface area (Å²) in [6.45, 7) is 3.67. The highest BCUT2D eigenvalue weighted by Crippen LogP contribution is 2.29. The monoisotopic (exact) mass is 627 g/mol. The summed E-state index contributed by atoms with van der Waals surface area (Å²) in [5, 5.41) is 17.8. The van der Waals surface area contributed by atoms with Gasteiger partial charge in [-0.2, -0.15) is 0 Å². The minimum atomic E-state index is -1.08. The number of halogens is 1. The van der Waals surface area contributed by atoms with Crippen LogP contribution in [0.25, 0.3) is 6.08 Å². The predicted octanol–water partition coefficient (Wildman–Crippen LogP) is 7.27. The molecule has 10 heteroatoms. The Morgan fingerprint density at radius 1 is 0.864 bits per heavy atom. The number of carboxylic acid groups (broad SMARTS) is 1. The first kappa shape index (κ1) is 32.1. The SMILES string of the molecule is CCC(Sc1cccc(NC(=O)/C(=C\c2ccc(Cl)cc2)NC(=O)c2ccccc2)c1)C(=O)Nc1cc(C(=O)O)ccc1C. The Bertz CT molecular complexity index is 1710. The third kappa shape index (κ3) is 8.82. The van der Waals surface area contributed by atoms with Gasteiger partial charge in [-0.15, -0.1) is 11.8 Å². The standard InChI is InChI=1S/C34H30ClN3O5S/c1-3-30(33(41)37-28-19-24(34(42)43)15-12-21(28)2)44-27-11-7-10-26(20-27)36-32(40)29(18-22-13-16-25(35)17-14-22)38-31(39)23-8-5-4-6-9-23/h4-20,30H,3H2,1-2H3,(H,36,40)(H,37,41)(H,38,39)(H,42,43)/b29-18+. The van der Waals surface area contributed by atoms with Gasteiger partial charge in [0.25, 0.3) is 11.8 Å². The maximum absolute atomic E-state index is 13.4. The molecular weight excluding hydrogens is 598 g/mol. The number of aromatic carboxylic acids is 1. The van der Waals surface area contributed by atoms with Crippen LogP contribution in [0, 0.1) is 6.92 Å². The molecule has 3 amide bonds. The van der Waals surface area contributed by atoms with E-state index < -0.39 is 23.0 Å². The van der Waals surface area contributed by atoms with Crippen LogP contribution in [0.4, 0.5) is 11.4 Å². The van der Waals surface area contributed by atoms with Crippen LogP contribution >= 0.6 is 23.4 Å². The molecule has 1 atom stereocenters. The molecular formula is C34H30ClN3O5S. The first-order valence-corrected chi connectivity index (χ1v) is 14.9. The van der Waals surface area contributed by atoms with E-state index in [1.165, 1.54) is 23.9 Å². The normalized spacial score (nSPS) is 11.8. The number of benzene rings is 4. The second kappa shape index (κ2) is 15.0. The molecule has 0 heterocycles. The van der Waals surface area contributed by atoms with Crippen molar-refractivity contribution in [2.45, 2.75) is 30.4 Å². The summed E-state index contributed by atoms with van der Waals surface area (Å²) < 4.78 is 0. The second-order valence-corrected chi connectivity index (χ2v) is 11.5. The molecule has 0 saturated carbocycles. The van der Waals surface area contributed by atoms with E-state index in [2.05, 4.69) is 16.0 Å². The zero-order valence-electron chi connectivity index (χ0n) is 24.0. The summed E-state index contributed by atoms with van der Waals surface area (Å²) in [6, 6.07) is 27.0.